The lowest BCUT2D eigenvalue weighted by molar-refractivity contribution is -0.123. The maximum Gasteiger partial charge on any atom is 0.141 e. The number of ketones is 1. The van der Waals surface area contributed by atoms with E-state index < -0.39 is 0 Å². The molecule has 3 nitrogen and oxygen atoms in total. The first kappa shape index (κ1) is 13.5. The number of hydrogen-bond donors (Lipinski definition) is 1. The van der Waals surface area contributed by atoms with Crippen LogP contribution in [-0.4, -0.2) is 16.8 Å². The largest absolute Gasteiger partial charge is 0.327 e. The van der Waals surface area contributed by atoms with E-state index in [1.54, 1.807) is 12.4 Å². The van der Waals surface area contributed by atoms with Crippen LogP contribution < -0.4 is 5.73 Å². The highest BCUT2D eigenvalue weighted by molar-refractivity contribution is 6.31. The third kappa shape index (κ3) is 3.30. The van der Waals surface area contributed by atoms with Crippen molar-refractivity contribution in [2.45, 2.75) is 44.6 Å². The van der Waals surface area contributed by atoms with E-state index in [-0.39, 0.29) is 17.7 Å². The number of carbonyl (C=O) groups is 1. The van der Waals surface area contributed by atoms with Crippen molar-refractivity contribution in [3.63, 3.8) is 0 Å². The van der Waals surface area contributed by atoms with E-state index in [4.69, 9.17) is 17.3 Å². The molecule has 2 unspecified atom stereocenters. The molecule has 2 N–H and O–H groups in total. The fraction of sp³-hybridized carbons (Fsp3) is 0.571. The van der Waals surface area contributed by atoms with Crippen molar-refractivity contribution in [2.75, 3.05) is 0 Å². The molecule has 0 radical (unpaired) electrons. The number of pyridine rings is 1. The van der Waals surface area contributed by atoms with Gasteiger partial charge >= 0.3 is 0 Å². The number of nitrogens with zero attached hydrogens (tertiary/aromatic N) is 1. The minimum atomic E-state index is -0.00303. The highest BCUT2D eigenvalue weighted by Gasteiger charge is 2.27. The third-order valence-electron chi connectivity index (χ3n) is 3.70. The lowest BCUT2D eigenvalue weighted by atomic mass is 9.88. The minimum absolute atomic E-state index is 0.00303. The summed E-state index contributed by atoms with van der Waals surface area (Å²) in [7, 11) is 0. The first-order valence-corrected chi connectivity index (χ1v) is 6.93. The topological polar surface area (TPSA) is 56.0 Å². The average molecular weight is 267 g/mol. The molecule has 1 saturated carbocycles. The fourth-order valence-electron chi connectivity index (χ4n) is 2.60. The second kappa shape index (κ2) is 6.30. The smallest absolute Gasteiger partial charge is 0.141 e. The van der Waals surface area contributed by atoms with Crippen LogP contribution in [0.5, 0.6) is 0 Å². The summed E-state index contributed by atoms with van der Waals surface area (Å²) >= 11 is 6.03. The molecule has 0 saturated heterocycles. The summed E-state index contributed by atoms with van der Waals surface area (Å²) in [6.45, 7) is 0. The van der Waals surface area contributed by atoms with Gasteiger partial charge in [-0.3, -0.25) is 9.78 Å². The molecule has 2 rings (SSSR count). The third-order valence-corrected chi connectivity index (χ3v) is 4.04. The number of aromatic nitrogens is 1. The summed E-state index contributed by atoms with van der Waals surface area (Å²) in [5.74, 6) is 0.217. The van der Waals surface area contributed by atoms with Gasteiger partial charge in [-0.15, -0.1) is 0 Å². The first-order chi connectivity index (χ1) is 8.68. The molecule has 18 heavy (non-hydrogen) atoms. The van der Waals surface area contributed by atoms with Crippen molar-refractivity contribution >= 4 is 17.4 Å². The van der Waals surface area contributed by atoms with Gasteiger partial charge in [0.05, 0.1) is 5.02 Å². The van der Waals surface area contributed by atoms with Gasteiger partial charge in [-0.25, -0.2) is 0 Å². The zero-order valence-electron chi connectivity index (χ0n) is 10.4. The predicted octanol–water partition coefficient (Wildman–Crippen LogP) is 2.75. The van der Waals surface area contributed by atoms with Crippen LogP contribution in [0.4, 0.5) is 0 Å². The Balaban J connectivity index is 2.04. The molecule has 1 aliphatic carbocycles. The van der Waals surface area contributed by atoms with Crippen molar-refractivity contribution in [2.24, 2.45) is 11.7 Å². The number of Topliss-reactive ketones (excluding diaryl/α,β-unsaturated/α-hetero) is 1. The second-order valence-electron chi connectivity index (χ2n) is 5.02. The summed E-state index contributed by atoms with van der Waals surface area (Å²) < 4.78 is 0. The van der Waals surface area contributed by atoms with E-state index in [9.17, 15) is 4.79 Å². The molecule has 1 heterocycles. The number of carbonyl (C=O) groups excluding carboxylic acids is 1. The molecule has 2 atom stereocenters. The van der Waals surface area contributed by atoms with Crippen molar-refractivity contribution < 1.29 is 4.79 Å². The van der Waals surface area contributed by atoms with Crippen molar-refractivity contribution in [3.8, 4) is 0 Å². The van der Waals surface area contributed by atoms with Gasteiger partial charge in [0.25, 0.3) is 0 Å². The van der Waals surface area contributed by atoms with Crippen molar-refractivity contribution in [1.29, 1.82) is 0 Å². The number of rotatable bonds is 3. The van der Waals surface area contributed by atoms with E-state index in [2.05, 4.69) is 4.98 Å². The van der Waals surface area contributed by atoms with Crippen LogP contribution in [0.3, 0.4) is 0 Å². The van der Waals surface area contributed by atoms with Gasteiger partial charge in [-0.1, -0.05) is 30.9 Å². The van der Waals surface area contributed by atoms with Gasteiger partial charge in [0.15, 0.2) is 0 Å². The Morgan fingerprint density at radius 1 is 1.39 bits per heavy atom. The lowest BCUT2D eigenvalue weighted by Crippen LogP contribution is -2.35. The maximum atomic E-state index is 12.3. The Kier molecular flexibility index (Phi) is 4.72. The molecule has 1 fully saturated rings. The minimum Gasteiger partial charge on any atom is -0.327 e. The molecule has 98 valence electrons. The number of nitrogens with two attached hydrogens (primary N) is 1. The Labute approximate surface area is 113 Å². The second-order valence-corrected chi connectivity index (χ2v) is 5.43. The van der Waals surface area contributed by atoms with E-state index >= 15 is 0 Å². The Bertz CT molecular complexity index is 422. The predicted molar refractivity (Wildman–Crippen MR) is 72.5 cm³/mol. The molecule has 1 aliphatic rings. The van der Waals surface area contributed by atoms with Crippen molar-refractivity contribution in [1.82, 2.24) is 4.98 Å². The molecule has 1 aromatic heterocycles. The standard InChI is InChI=1S/C14H19ClN2O/c15-12-9-17-7-6-10(12)8-14(18)11-4-2-1-3-5-13(11)16/h6-7,9,11,13H,1-5,8,16H2. The maximum absolute atomic E-state index is 12.3. The normalized spacial score (nSPS) is 24.6. The Hall–Kier alpha value is -0.930. The summed E-state index contributed by atoms with van der Waals surface area (Å²) in [5, 5.41) is 0.563. The van der Waals surface area contributed by atoms with Crippen molar-refractivity contribution in [3.05, 3.63) is 29.0 Å². The fourth-order valence-corrected chi connectivity index (χ4v) is 2.79. The summed E-state index contributed by atoms with van der Waals surface area (Å²) in [4.78, 5) is 16.3. The highest BCUT2D eigenvalue weighted by Crippen LogP contribution is 2.25. The average Bonchev–Trinajstić information content (AvgIpc) is 2.57. The summed E-state index contributed by atoms with van der Waals surface area (Å²) in [6.07, 6.45) is 8.93. The molecule has 0 amide bonds. The van der Waals surface area contributed by atoms with Crippen LogP contribution >= 0.6 is 11.6 Å². The first-order valence-electron chi connectivity index (χ1n) is 6.55. The van der Waals surface area contributed by atoms with Gasteiger partial charge in [0.1, 0.15) is 5.78 Å². The molecule has 0 aromatic carbocycles. The van der Waals surface area contributed by atoms with Crippen LogP contribution in [0.1, 0.15) is 37.7 Å². The van der Waals surface area contributed by atoms with E-state index in [0.717, 1.165) is 31.2 Å². The number of halogens is 1. The lowest BCUT2D eigenvalue weighted by Gasteiger charge is -2.20. The van der Waals surface area contributed by atoms with Crippen LogP contribution in [-0.2, 0) is 11.2 Å². The molecular formula is C14H19ClN2O. The quantitative estimate of drug-likeness (QED) is 0.856. The molecule has 4 heteroatoms. The Morgan fingerprint density at radius 2 is 2.17 bits per heavy atom. The molecule has 0 aliphatic heterocycles. The van der Waals surface area contributed by atoms with Gasteiger partial charge < -0.3 is 5.73 Å². The zero-order chi connectivity index (χ0) is 13.0. The molecule has 1 aromatic rings. The van der Waals surface area contributed by atoms with Crippen LogP contribution in [0, 0.1) is 5.92 Å². The summed E-state index contributed by atoms with van der Waals surface area (Å²) in [5.41, 5.74) is 6.96. The van der Waals surface area contributed by atoms with E-state index in [1.165, 1.54) is 6.42 Å². The van der Waals surface area contributed by atoms with Gasteiger partial charge in [0.2, 0.25) is 0 Å². The van der Waals surface area contributed by atoms with E-state index in [0.29, 0.717) is 11.4 Å². The highest BCUT2D eigenvalue weighted by atomic mass is 35.5. The summed E-state index contributed by atoms with van der Waals surface area (Å²) in [6, 6.07) is 1.82. The molecule has 0 bridgehead atoms. The number of hydrogen-bond acceptors (Lipinski definition) is 3. The van der Waals surface area contributed by atoms with E-state index in [1.807, 2.05) is 6.07 Å². The van der Waals surface area contributed by atoms with Crippen LogP contribution in [0.2, 0.25) is 5.02 Å². The molecule has 0 spiro atoms. The Morgan fingerprint density at radius 3 is 2.94 bits per heavy atom. The van der Waals surface area contributed by atoms with Gasteiger partial charge in [-0.2, -0.15) is 0 Å². The van der Waals surface area contributed by atoms with Crippen LogP contribution in [0.15, 0.2) is 18.5 Å². The van der Waals surface area contributed by atoms with Gasteiger partial charge in [0, 0.05) is 30.8 Å². The zero-order valence-corrected chi connectivity index (χ0v) is 11.2. The van der Waals surface area contributed by atoms with Gasteiger partial charge in [-0.05, 0) is 24.5 Å². The van der Waals surface area contributed by atoms with Crippen LogP contribution in [0.25, 0.3) is 0 Å². The SMILES string of the molecule is NC1CCCCCC1C(=O)Cc1ccncc1Cl. The molecular weight excluding hydrogens is 248 g/mol. The monoisotopic (exact) mass is 266 g/mol.